The van der Waals surface area contributed by atoms with Crippen LogP contribution in [0.3, 0.4) is 0 Å². The molecular formula is C12H19N3O2. The molecule has 0 aliphatic carbocycles. The molecule has 0 aromatic carbocycles. The summed E-state index contributed by atoms with van der Waals surface area (Å²) in [6.07, 6.45) is 2.54. The van der Waals surface area contributed by atoms with Crippen LogP contribution in [0.4, 0.5) is 11.5 Å². The normalized spacial score (nSPS) is 11.9. The van der Waals surface area contributed by atoms with E-state index in [-0.39, 0.29) is 12.5 Å². The molecule has 0 radical (unpaired) electrons. The van der Waals surface area contributed by atoms with Crippen LogP contribution in [0, 0.1) is 0 Å². The highest BCUT2D eigenvalue weighted by Gasteiger charge is 2.05. The first-order valence-corrected chi connectivity index (χ1v) is 5.60. The number of aromatic nitrogens is 1. The van der Waals surface area contributed by atoms with Gasteiger partial charge in [0.25, 0.3) is 0 Å². The number of carboxylic acid groups (broad SMARTS) is 1. The van der Waals surface area contributed by atoms with E-state index in [1.54, 1.807) is 6.20 Å². The number of hydrogen-bond acceptors (Lipinski definition) is 4. The van der Waals surface area contributed by atoms with Gasteiger partial charge in [0.1, 0.15) is 5.82 Å². The Morgan fingerprint density at radius 2 is 2.24 bits per heavy atom. The predicted octanol–water partition coefficient (Wildman–Crippen LogP) is 1.81. The molecule has 5 nitrogen and oxygen atoms in total. The first kappa shape index (κ1) is 13.3. The Balaban J connectivity index is 2.48. The highest BCUT2D eigenvalue weighted by molar-refractivity contribution is 5.66. The van der Waals surface area contributed by atoms with Crippen molar-refractivity contribution in [2.75, 3.05) is 24.3 Å². The Hall–Kier alpha value is -1.78. The van der Waals surface area contributed by atoms with Crippen molar-refractivity contribution in [1.29, 1.82) is 0 Å². The molecule has 17 heavy (non-hydrogen) atoms. The number of pyridine rings is 1. The summed E-state index contributed by atoms with van der Waals surface area (Å²) in [4.78, 5) is 16.6. The summed E-state index contributed by atoms with van der Waals surface area (Å²) < 4.78 is 0. The third kappa shape index (κ3) is 4.72. The molecule has 1 unspecified atom stereocenters. The average molecular weight is 237 g/mol. The van der Waals surface area contributed by atoms with Crippen molar-refractivity contribution in [2.24, 2.45) is 0 Å². The summed E-state index contributed by atoms with van der Waals surface area (Å²) in [6, 6.07) is 3.99. The van der Waals surface area contributed by atoms with Gasteiger partial charge in [-0.1, -0.05) is 0 Å². The van der Waals surface area contributed by atoms with Crippen LogP contribution in [-0.2, 0) is 4.79 Å². The van der Waals surface area contributed by atoms with Crippen molar-refractivity contribution in [3.63, 3.8) is 0 Å². The molecule has 0 saturated carbocycles. The summed E-state index contributed by atoms with van der Waals surface area (Å²) in [7, 11) is 3.87. The van der Waals surface area contributed by atoms with E-state index in [4.69, 9.17) is 5.11 Å². The number of nitrogens with zero attached hydrogens (tertiary/aromatic N) is 2. The molecule has 2 N–H and O–H groups in total. The summed E-state index contributed by atoms with van der Waals surface area (Å²) in [5, 5.41) is 11.8. The Labute approximate surface area is 101 Å². The lowest BCUT2D eigenvalue weighted by Gasteiger charge is -2.15. The smallest absolute Gasteiger partial charge is 0.303 e. The molecule has 1 atom stereocenters. The third-order valence-electron chi connectivity index (χ3n) is 2.41. The predicted molar refractivity (Wildman–Crippen MR) is 68.5 cm³/mol. The standard InChI is InChI=1S/C12H19N3O2/c1-9(4-7-12(16)17)14-10-5-6-11(13-8-10)15(2)3/h5-6,8-9,14H,4,7H2,1-3H3,(H,16,17). The van der Waals surface area contributed by atoms with Crippen LogP contribution in [0.15, 0.2) is 18.3 Å². The lowest BCUT2D eigenvalue weighted by molar-refractivity contribution is -0.137. The molecule has 0 spiro atoms. The van der Waals surface area contributed by atoms with E-state index in [0.717, 1.165) is 11.5 Å². The summed E-state index contributed by atoms with van der Waals surface area (Å²) >= 11 is 0. The number of nitrogens with one attached hydrogen (secondary N) is 1. The van der Waals surface area contributed by atoms with E-state index < -0.39 is 5.97 Å². The van der Waals surface area contributed by atoms with Gasteiger partial charge >= 0.3 is 5.97 Å². The zero-order chi connectivity index (χ0) is 12.8. The molecule has 1 heterocycles. The minimum Gasteiger partial charge on any atom is -0.481 e. The number of hydrogen-bond donors (Lipinski definition) is 2. The Morgan fingerprint density at radius 3 is 2.71 bits per heavy atom. The second-order valence-corrected chi connectivity index (χ2v) is 4.28. The van der Waals surface area contributed by atoms with Crippen molar-refractivity contribution in [3.8, 4) is 0 Å². The fraction of sp³-hybridized carbons (Fsp3) is 0.500. The van der Waals surface area contributed by atoms with E-state index in [1.165, 1.54) is 0 Å². The van der Waals surface area contributed by atoms with Crippen molar-refractivity contribution in [2.45, 2.75) is 25.8 Å². The summed E-state index contributed by atoms with van der Waals surface area (Å²) in [5.41, 5.74) is 0.911. The fourth-order valence-corrected chi connectivity index (χ4v) is 1.43. The van der Waals surface area contributed by atoms with Crippen LogP contribution in [0.2, 0.25) is 0 Å². The van der Waals surface area contributed by atoms with E-state index in [0.29, 0.717) is 6.42 Å². The van der Waals surface area contributed by atoms with Crippen LogP contribution in [-0.4, -0.2) is 36.2 Å². The van der Waals surface area contributed by atoms with E-state index >= 15 is 0 Å². The van der Waals surface area contributed by atoms with Crippen molar-refractivity contribution in [3.05, 3.63) is 18.3 Å². The zero-order valence-electron chi connectivity index (χ0n) is 10.5. The first-order chi connectivity index (χ1) is 7.99. The van der Waals surface area contributed by atoms with E-state index in [9.17, 15) is 4.79 Å². The number of aliphatic carboxylic acids is 1. The zero-order valence-corrected chi connectivity index (χ0v) is 10.5. The maximum absolute atomic E-state index is 10.4. The lowest BCUT2D eigenvalue weighted by atomic mass is 10.2. The van der Waals surface area contributed by atoms with Crippen LogP contribution < -0.4 is 10.2 Å². The van der Waals surface area contributed by atoms with Crippen molar-refractivity contribution >= 4 is 17.5 Å². The minimum absolute atomic E-state index is 0.123. The number of anilines is 2. The monoisotopic (exact) mass is 237 g/mol. The van der Waals surface area contributed by atoms with Gasteiger partial charge in [-0.2, -0.15) is 0 Å². The third-order valence-corrected chi connectivity index (χ3v) is 2.41. The molecule has 0 fully saturated rings. The molecule has 0 saturated heterocycles. The van der Waals surface area contributed by atoms with Gasteiger partial charge in [-0.15, -0.1) is 0 Å². The van der Waals surface area contributed by atoms with Gasteiger partial charge in [-0.25, -0.2) is 4.98 Å². The minimum atomic E-state index is -0.764. The average Bonchev–Trinajstić information content (AvgIpc) is 2.27. The van der Waals surface area contributed by atoms with Crippen LogP contribution in [0.25, 0.3) is 0 Å². The van der Waals surface area contributed by atoms with Crippen molar-refractivity contribution in [1.82, 2.24) is 4.98 Å². The molecule has 0 bridgehead atoms. The van der Waals surface area contributed by atoms with E-state index in [1.807, 2.05) is 38.1 Å². The summed E-state index contributed by atoms with van der Waals surface area (Å²) in [5.74, 6) is 0.133. The molecule has 1 rings (SSSR count). The highest BCUT2D eigenvalue weighted by atomic mass is 16.4. The van der Waals surface area contributed by atoms with E-state index in [2.05, 4.69) is 10.3 Å². The fourth-order valence-electron chi connectivity index (χ4n) is 1.43. The van der Waals surface area contributed by atoms with Gasteiger partial charge in [-0.3, -0.25) is 4.79 Å². The molecule has 0 amide bonds. The van der Waals surface area contributed by atoms with Crippen LogP contribution in [0.1, 0.15) is 19.8 Å². The van der Waals surface area contributed by atoms with Gasteiger partial charge in [-0.05, 0) is 25.5 Å². The topological polar surface area (TPSA) is 65.5 Å². The quantitative estimate of drug-likeness (QED) is 0.790. The maximum Gasteiger partial charge on any atom is 0.303 e. The molecule has 94 valence electrons. The molecular weight excluding hydrogens is 218 g/mol. The second-order valence-electron chi connectivity index (χ2n) is 4.28. The first-order valence-electron chi connectivity index (χ1n) is 5.60. The SMILES string of the molecule is CC(CCC(=O)O)Nc1ccc(N(C)C)nc1. The Kier molecular flexibility index (Phi) is 4.75. The summed E-state index contributed by atoms with van der Waals surface area (Å²) in [6.45, 7) is 1.96. The van der Waals surface area contributed by atoms with Crippen LogP contribution in [0.5, 0.6) is 0 Å². The van der Waals surface area contributed by atoms with Gasteiger partial charge in [0.15, 0.2) is 0 Å². The largest absolute Gasteiger partial charge is 0.481 e. The molecule has 0 aliphatic heterocycles. The lowest BCUT2D eigenvalue weighted by Crippen LogP contribution is -2.17. The van der Waals surface area contributed by atoms with Gasteiger partial charge in [0.05, 0.1) is 11.9 Å². The van der Waals surface area contributed by atoms with Gasteiger partial charge < -0.3 is 15.3 Å². The van der Waals surface area contributed by atoms with Crippen molar-refractivity contribution < 1.29 is 9.90 Å². The maximum atomic E-state index is 10.4. The number of carbonyl (C=O) groups is 1. The highest BCUT2D eigenvalue weighted by Crippen LogP contribution is 2.13. The molecule has 1 aromatic heterocycles. The Bertz CT molecular complexity index is 363. The van der Waals surface area contributed by atoms with Gasteiger partial charge in [0, 0.05) is 26.6 Å². The second kappa shape index (κ2) is 6.08. The number of rotatable bonds is 6. The molecule has 1 aromatic rings. The van der Waals surface area contributed by atoms with Crippen LogP contribution >= 0.6 is 0 Å². The molecule has 5 heteroatoms. The number of carboxylic acids is 1. The Morgan fingerprint density at radius 1 is 1.53 bits per heavy atom. The van der Waals surface area contributed by atoms with Gasteiger partial charge in [0.2, 0.25) is 0 Å². The molecule has 0 aliphatic rings.